The van der Waals surface area contributed by atoms with Gasteiger partial charge in [0.25, 0.3) is 0 Å². The summed E-state index contributed by atoms with van der Waals surface area (Å²) >= 11 is 0. The molecule has 1 N–H and O–H groups in total. The van der Waals surface area contributed by atoms with Gasteiger partial charge in [-0.05, 0) is 23.6 Å². The van der Waals surface area contributed by atoms with Crippen molar-refractivity contribution in [2.24, 2.45) is 0 Å². The van der Waals surface area contributed by atoms with Gasteiger partial charge >= 0.3 is 0 Å². The Kier molecular flexibility index (Phi) is 4.37. The predicted octanol–water partition coefficient (Wildman–Crippen LogP) is 2.80. The van der Waals surface area contributed by atoms with Gasteiger partial charge in [0.2, 0.25) is 11.8 Å². The van der Waals surface area contributed by atoms with Crippen molar-refractivity contribution in [3.63, 3.8) is 0 Å². The molecule has 4 rings (SSSR count). The molecular formula is C19H19N7O. The highest BCUT2D eigenvalue weighted by Crippen LogP contribution is 2.33. The average molecular weight is 361 g/mol. The first-order valence-corrected chi connectivity index (χ1v) is 8.63. The molecule has 4 heterocycles. The van der Waals surface area contributed by atoms with Gasteiger partial charge in [-0.15, -0.1) is 0 Å². The monoisotopic (exact) mass is 361 g/mol. The third-order valence-corrected chi connectivity index (χ3v) is 4.23. The van der Waals surface area contributed by atoms with Gasteiger partial charge in [-0.25, -0.2) is 9.97 Å². The molecule has 8 heteroatoms. The Morgan fingerprint density at radius 3 is 2.59 bits per heavy atom. The number of nitrogens with zero attached hydrogens (tertiary/aromatic N) is 7. The average Bonchev–Trinajstić information content (AvgIpc) is 3.33. The van der Waals surface area contributed by atoms with Crippen LogP contribution in [0.25, 0.3) is 17.2 Å². The van der Waals surface area contributed by atoms with Crippen LogP contribution in [0.4, 0.5) is 0 Å². The second-order valence-electron chi connectivity index (χ2n) is 6.52. The number of rotatable bonds is 5. The number of hydrogen-bond donors (Lipinski definition) is 1. The molecule has 0 fully saturated rings. The van der Waals surface area contributed by atoms with Crippen molar-refractivity contribution in [1.82, 2.24) is 34.3 Å². The number of aromatic hydroxyl groups is 1. The van der Waals surface area contributed by atoms with E-state index in [0.29, 0.717) is 23.8 Å². The lowest BCUT2D eigenvalue weighted by Gasteiger charge is -2.14. The molecule has 0 saturated heterocycles. The van der Waals surface area contributed by atoms with Gasteiger partial charge in [-0.2, -0.15) is 10.1 Å². The molecule has 0 aromatic carbocycles. The molecule has 0 aliphatic carbocycles. The van der Waals surface area contributed by atoms with Crippen molar-refractivity contribution < 1.29 is 5.11 Å². The summed E-state index contributed by atoms with van der Waals surface area (Å²) in [6.45, 7) is 4.63. The van der Waals surface area contributed by atoms with E-state index in [0.717, 1.165) is 11.1 Å². The number of hydrogen-bond acceptors (Lipinski definition) is 6. The molecule has 0 aliphatic rings. The Morgan fingerprint density at radius 2 is 1.89 bits per heavy atom. The number of imidazole rings is 1. The maximum absolute atomic E-state index is 10.5. The van der Waals surface area contributed by atoms with E-state index in [9.17, 15) is 5.11 Å². The van der Waals surface area contributed by atoms with Crippen LogP contribution in [0.1, 0.15) is 30.9 Å². The van der Waals surface area contributed by atoms with Gasteiger partial charge in [0.1, 0.15) is 6.33 Å². The van der Waals surface area contributed by atoms with Gasteiger partial charge in [0.15, 0.2) is 0 Å². The zero-order chi connectivity index (χ0) is 18.8. The highest BCUT2D eigenvalue weighted by molar-refractivity contribution is 5.65. The Hall–Kier alpha value is -3.55. The van der Waals surface area contributed by atoms with E-state index < -0.39 is 0 Å². The van der Waals surface area contributed by atoms with Crippen LogP contribution in [0.15, 0.2) is 55.6 Å². The molecule has 8 nitrogen and oxygen atoms in total. The zero-order valence-corrected chi connectivity index (χ0v) is 15.1. The van der Waals surface area contributed by atoms with Crippen molar-refractivity contribution in [2.45, 2.75) is 26.3 Å². The normalized spacial score (nSPS) is 11.2. The second-order valence-corrected chi connectivity index (χ2v) is 6.52. The summed E-state index contributed by atoms with van der Waals surface area (Å²) in [6, 6.07) is 3.91. The smallest absolute Gasteiger partial charge is 0.238 e. The van der Waals surface area contributed by atoms with Gasteiger partial charge in [0.05, 0.1) is 18.4 Å². The van der Waals surface area contributed by atoms with Gasteiger partial charge in [-0.1, -0.05) is 13.8 Å². The van der Waals surface area contributed by atoms with Crippen LogP contribution < -0.4 is 0 Å². The first kappa shape index (κ1) is 16.9. The van der Waals surface area contributed by atoms with E-state index in [4.69, 9.17) is 0 Å². The van der Waals surface area contributed by atoms with E-state index in [1.807, 2.05) is 36.9 Å². The lowest BCUT2D eigenvalue weighted by atomic mass is 9.99. The summed E-state index contributed by atoms with van der Waals surface area (Å²) in [5.41, 5.74) is 3.30. The molecule has 4 aromatic rings. The van der Waals surface area contributed by atoms with Crippen molar-refractivity contribution in [3.8, 4) is 23.1 Å². The lowest BCUT2D eigenvalue weighted by molar-refractivity contribution is 0.440. The highest BCUT2D eigenvalue weighted by Gasteiger charge is 2.20. The van der Waals surface area contributed by atoms with Gasteiger partial charge in [0, 0.05) is 42.1 Å². The molecule has 0 spiro atoms. The van der Waals surface area contributed by atoms with E-state index in [1.54, 1.807) is 41.9 Å². The predicted molar refractivity (Wildman–Crippen MR) is 99.5 cm³/mol. The fourth-order valence-electron chi connectivity index (χ4n) is 2.94. The summed E-state index contributed by atoms with van der Waals surface area (Å²) in [6.07, 6.45) is 12.2. The molecule has 4 aromatic heterocycles. The summed E-state index contributed by atoms with van der Waals surface area (Å²) < 4.78 is 3.50. The minimum absolute atomic E-state index is 0.0272. The Labute approximate surface area is 156 Å². The zero-order valence-electron chi connectivity index (χ0n) is 15.1. The quantitative estimate of drug-likeness (QED) is 0.587. The Balaban J connectivity index is 1.76. The first-order chi connectivity index (χ1) is 13.1. The minimum atomic E-state index is -0.0272. The van der Waals surface area contributed by atoms with E-state index >= 15 is 0 Å². The molecular weight excluding hydrogens is 342 g/mol. The van der Waals surface area contributed by atoms with E-state index in [2.05, 4.69) is 25.0 Å². The molecule has 27 heavy (non-hydrogen) atoms. The Bertz CT molecular complexity index is 1040. The molecule has 0 saturated carbocycles. The minimum Gasteiger partial charge on any atom is -0.493 e. The molecule has 0 atom stereocenters. The molecule has 0 aliphatic heterocycles. The maximum atomic E-state index is 10.5. The van der Waals surface area contributed by atoms with Gasteiger partial charge < -0.3 is 5.11 Å². The van der Waals surface area contributed by atoms with Crippen LogP contribution in [0.3, 0.4) is 0 Å². The molecule has 0 bridgehead atoms. The van der Waals surface area contributed by atoms with Crippen molar-refractivity contribution in [1.29, 1.82) is 0 Å². The van der Waals surface area contributed by atoms with Crippen LogP contribution >= 0.6 is 0 Å². The Morgan fingerprint density at radius 1 is 1.07 bits per heavy atom. The van der Waals surface area contributed by atoms with Crippen LogP contribution in [-0.2, 0) is 6.54 Å². The number of pyridine rings is 1. The fraction of sp³-hybridized carbons (Fsp3) is 0.211. The van der Waals surface area contributed by atoms with Crippen molar-refractivity contribution in [3.05, 3.63) is 66.8 Å². The second kappa shape index (κ2) is 6.99. The largest absolute Gasteiger partial charge is 0.493 e. The van der Waals surface area contributed by atoms with Crippen LogP contribution in [0.5, 0.6) is 5.88 Å². The summed E-state index contributed by atoms with van der Waals surface area (Å²) in [4.78, 5) is 17.0. The van der Waals surface area contributed by atoms with Crippen LogP contribution in [-0.4, -0.2) is 39.4 Å². The highest BCUT2D eigenvalue weighted by atomic mass is 16.3. The molecule has 136 valence electrons. The van der Waals surface area contributed by atoms with Crippen LogP contribution in [0.2, 0.25) is 0 Å². The molecule has 0 unspecified atom stereocenters. The summed E-state index contributed by atoms with van der Waals surface area (Å²) in [5, 5.41) is 15.0. The van der Waals surface area contributed by atoms with E-state index in [1.165, 1.54) is 0 Å². The third kappa shape index (κ3) is 3.41. The first-order valence-electron chi connectivity index (χ1n) is 8.63. The summed E-state index contributed by atoms with van der Waals surface area (Å²) in [5.74, 6) is 0.396. The fourth-order valence-corrected chi connectivity index (χ4v) is 2.94. The van der Waals surface area contributed by atoms with Crippen molar-refractivity contribution in [2.75, 3.05) is 0 Å². The summed E-state index contributed by atoms with van der Waals surface area (Å²) in [7, 11) is 0. The van der Waals surface area contributed by atoms with Crippen molar-refractivity contribution >= 4 is 0 Å². The maximum Gasteiger partial charge on any atom is 0.238 e. The van der Waals surface area contributed by atoms with Gasteiger partial charge in [-0.3, -0.25) is 14.2 Å². The van der Waals surface area contributed by atoms with E-state index in [-0.39, 0.29) is 11.8 Å². The number of aromatic nitrogens is 7. The SMILES string of the molecule is CC(C)c1c(O)nc(-n2ccnc2)nc1-c1cnn(Cc2ccncc2)c1. The molecule has 0 radical (unpaired) electrons. The van der Waals surface area contributed by atoms with Crippen LogP contribution in [0, 0.1) is 0 Å². The molecule has 0 amide bonds. The standard InChI is InChI=1S/C19H19N7O/c1-13(2)16-17(23-19(24-18(16)27)25-8-7-21-12-25)15-9-22-26(11-15)10-14-3-5-20-6-4-14/h3-9,11-13H,10H2,1-2H3,(H,23,24,27). The topological polar surface area (TPSA) is 94.5 Å². The lowest BCUT2D eigenvalue weighted by Crippen LogP contribution is -2.05. The third-order valence-electron chi connectivity index (χ3n) is 4.23.